The fourth-order valence-electron chi connectivity index (χ4n) is 2.11. The fraction of sp³-hybridized carbons (Fsp3) is 0.278. The maximum absolute atomic E-state index is 12.4. The number of hydrogen-bond acceptors (Lipinski definition) is 4. The van der Waals surface area contributed by atoms with E-state index in [1.54, 1.807) is 12.1 Å². The molecule has 25 heavy (non-hydrogen) atoms. The van der Waals surface area contributed by atoms with Crippen LogP contribution < -0.4 is 10.1 Å². The van der Waals surface area contributed by atoms with E-state index in [1.165, 1.54) is 19.2 Å². The van der Waals surface area contributed by atoms with Crippen LogP contribution in [0.25, 0.3) is 0 Å². The predicted octanol–water partition coefficient (Wildman–Crippen LogP) is 1.81. The number of ether oxygens (including phenoxy) is 1. The van der Waals surface area contributed by atoms with Gasteiger partial charge in [-0.05, 0) is 31.2 Å². The number of hydrogen-bond donors (Lipinski definition) is 1. The number of benzene rings is 2. The summed E-state index contributed by atoms with van der Waals surface area (Å²) in [5, 5.41) is 2.65. The third-order valence-corrected chi connectivity index (χ3v) is 5.35. The zero-order valence-electron chi connectivity index (χ0n) is 14.3. The number of carbonyl (C=O) groups is 1. The molecule has 0 aliphatic heterocycles. The zero-order valence-corrected chi connectivity index (χ0v) is 15.1. The van der Waals surface area contributed by atoms with Gasteiger partial charge in [-0.1, -0.05) is 35.9 Å². The third-order valence-electron chi connectivity index (χ3n) is 3.53. The molecule has 0 aromatic heterocycles. The van der Waals surface area contributed by atoms with Gasteiger partial charge in [-0.15, -0.1) is 0 Å². The van der Waals surface area contributed by atoms with Crippen LogP contribution in [0.15, 0.2) is 59.5 Å². The molecule has 0 atom stereocenters. The summed E-state index contributed by atoms with van der Waals surface area (Å²) in [7, 11) is -2.30. The van der Waals surface area contributed by atoms with Crippen LogP contribution in [0.4, 0.5) is 0 Å². The monoisotopic (exact) mass is 362 g/mol. The van der Waals surface area contributed by atoms with Crippen molar-refractivity contribution >= 4 is 15.9 Å². The van der Waals surface area contributed by atoms with Gasteiger partial charge in [-0.2, -0.15) is 4.31 Å². The Bertz CT molecular complexity index is 790. The van der Waals surface area contributed by atoms with Crippen molar-refractivity contribution in [3.8, 4) is 5.75 Å². The van der Waals surface area contributed by atoms with Crippen LogP contribution in [-0.2, 0) is 14.8 Å². The molecule has 0 radical (unpaired) electrons. The largest absolute Gasteiger partial charge is 0.492 e. The Balaban J connectivity index is 1.80. The van der Waals surface area contributed by atoms with E-state index >= 15 is 0 Å². The van der Waals surface area contributed by atoms with Gasteiger partial charge in [0.25, 0.3) is 0 Å². The maximum atomic E-state index is 12.4. The SMILES string of the molecule is Cc1ccc(S(=O)(=O)N(C)CC(=O)NCCOc2ccccc2)cc1. The Hall–Kier alpha value is -2.38. The molecule has 0 spiro atoms. The molecule has 0 bridgehead atoms. The average Bonchev–Trinajstić information content (AvgIpc) is 2.60. The molecular weight excluding hydrogens is 340 g/mol. The lowest BCUT2D eigenvalue weighted by Gasteiger charge is -2.17. The maximum Gasteiger partial charge on any atom is 0.243 e. The summed E-state index contributed by atoms with van der Waals surface area (Å²) < 4.78 is 31.3. The Kier molecular flexibility index (Phi) is 6.55. The number of sulfonamides is 1. The Morgan fingerprint density at radius 1 is 1.08 bits per heavy atom. The van der Waals surface area contributed by atoms with Gasteiger partial charge in [0.15, 0.2) is 0 Å². The van der Waals surface area contributed by atoms with Crippen LogP contribution in [0.2, 0.25) is 0 Å². The van der Waals surface area contributed by atoms with E-state index in [-0.39, 0.29) is 17.3 Å². The molecule has 2 aromatic carbocycles. The molecule has 6 nitrogen and oxygen atoms in total. The van der Waals surface area contributed by atoms with Crippen LogP contribution in [-0.4, -0.2) is 45.4 Å². The number of carbonyl (C=O) groups excluding carboxylic acids is 1. The minimum absolute atomic E-state index is 0.167. The Morgan fingerprint density at radius 2 is 1.72 bits per heavy atom. The van der Waals surface area contributed by atoms with Gasteiger partial charge >= 0.3 is 0 Å². The zero-order chi connectivity index (χ0) is 18.3. The highest BCUT2D eigenvalue weighted by atomic mass is 32.2. The van der Waals surface area contributed by atoms with Crippen molar-refractivity contribution in [2.75, 3.05) is 26.7 Å². The van der Waals surface area contributed by atoms with E-state index in [9.17, 15) is 13.2 Å². The minimum atomic E-state index is -3.68. The predicted molar refractivity (Wildman–Crippen MR) is 95.9 cm³/mol. The summed E-state index contributed by atoms with van der Waals surface area (Å²) >= 11 is 0. The molecule has 0 unspecified atom stereocenters. The molecule has 0 aliphatic carbocycles. The highest BCUT2D eigenvalue weighted by molar-refractivity contribution is 7.89. The number of aryl methyl sites for hydroxylation is 1. The van der Waals surface area contributed by atoms with Crippen molar-refractivity contribution in [1.82, 2.24) is 9.62 Å². The first-order valence-electron chi connectivity index (χ1n) is 7.87. The van der Waals surface area contributed by atoms with Crippen molar-refractivity contribution in [1.29, 1.82) is 0 Å². The first-order chi connectivity index (χ1) is 11.9. The highest BCUT2D eigenvalue weighted by Gasteiger charge is 2.22. The number of likely N-dealkylation sites (N-methyl/N-ethyl adjacent to an activating group) is 1. The number of rotatable bonds is 8. The first-order valence-corrected chi connectivity index (χ1v) is 9.31. The number of amides is 1. The van der Waals surface area contributed by atoms with E-state index in [0.717, 1.165) is 15.6 Å². The Morgan fingerprint density at radius 3 is 2.36 bits per heavy atom. The molecular formula is C18H22N2O4S. The number of nitrogens with one attached hydrogen (secondary N) is 1. The molecule has 0 fully saturated rings. The second-order valence-electron chi connectivity index (χ2n) is 5.59. The minimum Gasteiger partial charge on any atom is -0.492 e. The summed E-state index contributed by atoms with van der Waals surface area (Å²) in [6, 6.07) is 15.8. The molecule has 2 aromatic rings. The molecule has 7 heteroatoms. The summed E-state index contributed by atoms with van der Waals surface area (Å²) in [4.78, 5) is 12.1. The second-order valence-corrected chi connectivity index (χ2v) is 7.63. The summed E-state index contributed by atoms with van der Waals surface area (Å²) in [5.41, 5.74) is 0.970. The van der Waals surface area contributed by atoms with Crippen LogP contribution in [0, 0.1) is 6.92 Å². The van der Waals surface area contributed by atoms with Crippen molar-refractivity contribution in [2.24, 2.45) is 0 Å². The van der Waals surface area contributed by atoms with Gasteiger partial charge in [0.1, 0.15) is 12.4 Å². The number of nitrogens with zero attached hydrogens (tertiary/aromatic N) is 1. The van der Waals surface area contributed by atoms with E-state index < -0.39 is 10.0 Å². The summed E-state index contributed by atoms with van der Waals surface area (Å²) in [6.07, 6.45) is 0. The normalized spacial score (nSPS) is 11.3. The van der Waals surface area contributed by atoms with Gasteiger partial charge in [0.05, 0.1) is 18.0 Å². The lowest BCUT2D eigenvalue weighted by atomic mass is 10.2. The van der Waals surface area contributed by atoms with Crippen LogP contribution in [0.1, 0.15) is 5.56 Å². The molecule has 1 N–H and O–H groups in total. The van der Waals surface area contributed by atoms with Gasteiger partial charge in [-0.25, -0.2) is 8.42 Å². The smallest absolute Gasteiger partial charge is 0.243 e. The van der Waals surface area contributed by atoms with Crippen molar-refractivity contribution < 1.29 is 17.9 Å². The molecule has 1 amide bonds. The van der Waals surface area contributed by atoms with Gasteiger partial charge < -0.3 is 10.1 Å². The molecule has 0 heterocycles. The number of para-hydroxylation sites is 1. The van der Waals surface area contributed by atoms with Gasteiger partial charge in [0, 0.05) is 7.05 Å². The quantitative estimate of drug-likeness (QED) is 0.727. The van der Waals surface area contributed by atoms with E-state index in [4.69, 9.17) is 4.74 Å². The molecule has 0 saturated carbocycles. The molecule has 134 valence electrons. The second kappa shape index (κ2) is 8.64. The van der Waals surface area contributed by atoms with Crippen molar-refractivity contribution in [3.05, 3.63) is 60.2 Å². The highest BCUT2D eigenvalue weighted by Crippen LogP contribution is 2.14. The van der Waals surface area contributed by atoms with Crippen molar-refractivity contribution in [2.45, 2.75) is 11.8 Å². The van der Waals surface area contributed by atoms with Gasteiger partial charge in [-0.3, -0.25) is 4.79 Å². The average molecular weight is 362 g/mol. The van der Waals surface area contributed by atoms with Crippen LogP contribution in [0.3, 0.4) is 0 Å². The third kappa shape index (κ3) is 5.58. The molecule has 0 saturated heterocycles. The topological polar surface area (TPSA) is 75.7 Å². The summed E-state index contributed by atoms with van der Waals surface area (Å²) in [6.45, 7) is 2.24. The molecule has 0 aliphatic rings. The first kappa shape index (κ1) is 19.0. The molecule has 2 rings (SSSR count). The van der Waals surface area contributed by atoms with Gasteiger partial charge in [0.2, 0.25) is 15.9 Å². The summed E-state index contributed by atoms with van der Waals surface area (Å²) in [5.74, 6) is 0.339. The lowest BCUT2D eigenvalue weighted by Crippen LogP contribution is -2.39. The van der Waals surface area contributed by atoms with E-state index in [2.05, 4.69) is 5.32 Å². The van der Waals surface area contributed by atoms with Crippen LogP contribution >= 0.6 is 0 Å². The standard InChI is InChI=1S/C18H22N2O4S/c1-15-8-10-17(11-9-15)25(22,23)20(2)14-18(21)19-12-13-24-16-6-4-3-5-7-16/h3-11H,12-14H2,1-2H3,(H,19,21). The van der Waals surface area contributed by atoms with E-state index in [0.29, 0.717) is 13.2 Å². The van der Waals surface area contributed by atoms with Crippen LogP contribution in [0.5, 0.6) is 5.75 Å². The Labute approximate surface area is 148 Å². The van der Waals surface area contributed by atoms with E-state index in [1.807, 2.05) is 37.3 Å². The lowest BCUT2D eigenvalue weighted by molar-refractivity contribution is -0.121. The van der Waals surface area contributed by atoms with Crippen molar-refractivity contribution in [3.63, 3.8) is 0 Å². The fourth-order valence-corrected chi connectivity index (χ4v) is 3.24.